The predicted octanol–water partition coefficient (Wildman–Crippen LogP) is 3.75. The predicted molar refractivity (Wildman–Crippen MR) is 99.5 cm³/mol. The van der Waals surface area contributed by atoms with E-state index in [2.05, 4.69) is 10.4 Å². The molecule has 1 aromatic carbocycles. The number of nitrogens with zero attached hydrogens (tertiary/aromatic N) is 2. The van der Waals surface area contributed by atoms with Crippen LogP contribution in [-0.2, 0) is 11.8 Å². The smallest absolute Gasteiger partial charge is 0.248 e. The summed E-state index contributed by atoms with van der Waals surface area (Å²) in [5.41, 5.74) is 3.13. The summed E-state index contributed by atoms with van der Waals surface area (Å²) in [6.45, 7) is 6.11. The third kappa shape index (κ3) is 4.33. The van der Waals surface area contributed by atoms with E-state index in [9.17, 15) is 4.79 Å². The van der Waals surface area contributed by atoms with E-state index in [0.29, 0.717) is 23.1 Å². The van der Waals surface area contributed by atoms with E-state index in [0.717, 1.165) is 22.6 Å². The van der Waals surface area contributed by atoms with Gasteiger partial charge in [-0.15, -0.1) is 0 Å². The SMILES string of the molecule is CCOc1cc(/C=C/C(=O)Nc2c(C)nn(C)c2C)cc(Cl)c1OC. The summed E-state index contributed by atoms with van der Waals surface area (Å²) in [6.07, 6.45) is 3.12. The van der Waals surface area contributed by atoms with Crippen molar-refractivity contribution in [1.29, 1.82) is 0 Å². The molecule has 0 fully saturated rings. The van der Waals surface area contributed by atoms with Gasteiger partial charge in [-0.05, 0) is 44.5 Å². The number of methoxy groups -OCH3 is 1. The van der Waals surface area contributed by atoms with Crippen molar-refractivity contribution in [3.05, 3.63) is 40.2 Å². The number of benzene rings is 1. The number of aromatic nitrogens is 2. The maximum absolute atomic E-state index is 12.2. The van der Waals surface area contributed by atoms with Crippen LogP contribution in [0, 0.1) is 13.8 Å². The lowest BCUT2D eigenvalue weighted by molar-refractivity contribution is -0.111. The second-order valence-corrected chi connectivity index (χ2v) is 5.87. The van der Waals surface area contributed by atoms with Crippen LogP contribution in [0.5, 0.6) is 11.5 Å². The molecule has 0 saturated heterocycles. The number of hydrogen-bond donors (Lipinski definition) is 1. The molecule has 7 heteroatoms. The quantitative estimate of drug-likeness (QED) is 0.794. The van der Waals surface area contributed by atoms with Gasteiger partial charge in [0.05, 0.1) is 35.8 Å². The Labute approximate surface area is 152 Å². The summed E-state index contributed by atoms with van der Waals surface area (Å²) >= 11 is 6.21. The maximum atomic E-state index is 12.2. The standard InChI is InChI=1S/C18H22ClN3O3/c1-6-25-15-10-13(9-14(19)18(15)24-5)7-8-16(23)20-17-11(2)21-22(4)12(17)3/h7-10H,6H2,1-5H3,(H,20,23)/b8-7+. The van der Waals surface area contributed by atoms with Crippen molar-refractivity contribution in [3.63, 3.8) is 0 Å². The number of carbonyl (C=O) groups is 1. The van der Waals surface area contributed by atoms with Crippen LogP contribution in [0.3, 0.4) is 0 Å². The molecule has 1 amide bonds. The number of amides is 1. The van der Waals surface area contributed by atoms with Crippen LogP contribution in [0.2, 0.25) is 5.02 Å². The van der Waals surface area contributed by atoms with E-state index in [-0.39, 0.29) is 5.91 Å². The average molecular weight is 364 g/mol. The Bertz CT molecular complexity index is 812. The van der Waals surface area contributed by atoms with Crippen molar-refractivity contribution in [3.8, 4) is 11.5 Å². The molecule has 2 rings (SSSR count). The number of rotatable bonds is 6. The number of halogens is 1. The number of hydrogen-bond acceptors (Lipinski definition) is 4. The monoisotopic (exact) mass is 363 g/mol. The molecule has 0 aliphatic rings. The summed E-state index contributed by atoms with van der Waals surface area (Å²) in [6, 6.07) is 3.49. The van der Waals surface area contributed by atoms with E-state index < -0.39 is 0 Å². The average Bonchev–Trinajstić information content (AvgIpc) is 2.79. The van der Waals surface area contributed by atoms with Gasteiger partial charge >= 0.3 is 0 Å². The summed E-state index contributed by atoms with van der Waals surface area (Å²) in [4.78, 5) is 12.2. The van der Waals surface area contributed by atoms with Crippen molar-refractivity contribution in [2.24, 2.45) is 7.05 Å². The zero-order valence-electron chi connectivity index (χ0n) is 15.0. The highest BCUT2D eigenvalue weighted by molar-refractivity contribution is 6.32. The topological polar surface area (TPSA) is 65.4 Å². The molecule has 0 aliphatic heterocycles. The van der Waals surface area contributed by atoms with Crippen molar-refractivity contribution < 1.29 is 14.3 Å². The Morgan fingerprint density at radius 3 is 2.68 bits per heavy atom. The van der Waals surface area contributed by atoms with Gasteiger partial charge in [0.25, 0.3) is 0 Å². The zero-order chi connectivity index (χ0) is 18.6. The number of aryl methyl sites for hydroxylation is 2. The molecule has 134 valence electrons. The molecule has 0 radical (unpaired) electrons. The fraction of sp³-hybridized carbons (Fsp3) is 0.333. The van der Waals surface area contributed by atoms with Gasteiger partial charge in [-0.1, -0.05) is 11.6 Å². The van der Waals surface area contributed by atoms with Crippen LogP contribution in [0.15, 0.2) is 18.2 Å². The van der Waals surface area contributed by atoms with Gasteiger partial charge in [-0.3, -0.25) is 9.48 Å². The van der Waals surface area contributed by atoms with E-state index in [1.54, 1.807) is 22.9 Å². The first-order valence-corrected chi connectivity index (χ1v) is 8.24. The van der Waals surface area contributed by atoms with Crippen molar-refractivity contribution in [2.75, 3.05) is 19.0 Å². The highest BCUT2D eigenvalue weighted by Gasteiger charge is 2.12. The highest BCUT2D eigenvalue weighted by Crippen LogP contribution is 2.36. The molecule has 1 aromatic heterocycles. The number of carbonyl (C=O) groups excluding carboxylic acids is 1. The van der Waals surface area contributed by atoms with Gasteiger partial charge in [0.2, 0.25) is 5.91 Å². The molecule has 1 heterocycles. The molecule has 0 unspecified atom stereocenters. The summed E-state index contributed by atoms with van der Waals surface area (Å²) in [7, 11) is 3.37. The molecule has 0 spiro atoms. The van der Waals surface area contributed by atoms with Crippen LogP contribution in [0.25, 0.3) is 6.08 Å². The Morgan fingerprint density at radius 1 is 1.40 bits per heavy atom. The summed E-state index contributed by atoms with van der Waals surface area (Å²) in [5.74, 6) is 0.771. The highest BCUT2D eigenvalue weighted by atomic mass is 35.5. The van der Waals surface area contributed by atoms with Gasteiger partial charge in [-0.25, -0.2) is 0 Å². The van der Waals surface area contributed by atoms with Crippen LogP contribution in [0.4, 0.5) is 5.69 Å². The lowest BCUT2D eigenvalue weighted by Crippen LogP contribution is -2.09. The minimum Gasteiger partial charge on any atom is -0.491 e. The molecule has 0 bridgehead atoms. The molecule has 1 N–H and O–H groups in total. The molecule has 6 nitrogen and oxygen atoms in total. The minimum atomic E-state index is -0.246. The van der Waals surface area contributed by atoms with Gasteiger partial charge in [0, 0.05) is 13.1 Å². The Balaban J connectivity index is 2.19. The minimum absolute atomic E-state index is 0.246. The summed E-state index contributed by atoms with van der Waals surface area (Å²) < 4.78 is 12.5. The van der Waals surface area contributed by atoms with Gasteiger partial charge < -0.3 is 14.8 Å². The van der Waals surface area contributed by atoms with Crippen molar-refractivity contribution in [1.82, 2.24) is 9.78 Å². The fourth-order valence-corrected chi connectivity index (χ4v) is 2.73. The van der Waals surface area contributed by atoms with Crippen LogP contribution < -0.4 is 14.8 Å². The summed E-state index contributed by atoms with van der Waals surface area (Å²) in [5, 5.41) is 7.55. The normalized spacial score (nSPS) is 11.0. The Morgan fingerprint density at radius 2 is 2.12 bits per heavy atom. The second kappa shape index (κ2) is 8.07. The third-order valence-electron chi connectivity index (χ3n) is 3.72. The van der Waals surface area contributed by atoms with Crippen LogP contribution >= 0.6 is 11.6 Å². The molecule has 25 heavy (non-hydrogen) atoms. The van der Waals surface area contributed by atoms with E-state index in [1.165, 1.54) is 13.2 Å². The largest absolute Gasteiger partial charge is 0.491 e. The molecule has 0 saturated carbocycles. The maximum Gasteiger partial charge on any atom is 0.248 e. The molecule has 2 aromatic rings. The first kappa shape index (κ1) is 18.9. The Hall–Kier alpha value is -2.47. The lowest BCUT2D eigenvalue weighted by atomic mass is 10.2. The first-order valence-electron chi connectivity index (χ1n) is 7.87. The van der Waals surface area contributed by atoms with E-state index in [4.69, 9.17) is 21.1 Å². The fourth-order valence-electron chi connectivity index (χ4n) is 2.44. The lowest BCUT2D eigenvalue weighted by Gasteiger charge is -2.11. The van der Waals surface area contributed by atoms with Gasteiger partial charge in [0.1, 0.15) is 0 Å². The van der Waals surface area contributed by atoms with Gasteiger partial charge in [0.15, 0.2) is 11.5 Å². The second-order valence-electron chi connectivity index (χ2n) is 5.46. The van der Waals surface area contributed by atoms with Crippen molar-refractivity contribution in [2.45, 2.75) is 20.8 Å². The molecular formula is C18H22ClN3O3. The third-order valence-corrected chi connectivity index (χ3v) is 4.00. The van der Waals surface area contributed by atoms with Crippen LogP contribution in [-0.4, -0.2) is 29.4 Å². The first-order chi connectivity index (χ1) is 11.9. The van der Waals surface area contributed by atoms with E-state index >= 15 is 0 Å². The zero-order valence-corrected chi connectivity index (χ0v) is 15.8. The number of anilines is 1. The van der Waals surface area contributed by atoms with Gasteiger partial charge in [-0.2, -0.15) is 5.10 Å². The van der Waals surface area contributed by atoms with E-state index in [1.807, 2.05) is 27.8 Å². The van der Waals surface area contributed by atoms with Crippen molar-refractivity contribution >= 4 is 29.3 Å². The number of nitrogens with one attached hydrogen (secondary N) is 1. The number of ether oxygens (including phenoxy) is 2. The molecule has 0 aliphatic carbocycles. The molecule has 0 atom stereocenters. The molecular weight excluding hydrogens is 342 g/mol. The van der Waals surface area contributed by atoms with Crippen LogP contribution in [0.1, 0.15) is 23.9 Å². The Kier molecular flexibility index (Phi) is 6.09.